The van der Waals surface area contributed by atoms with Crippen LogP contribution in [-0.4, -0.2) is 22.7 Å². The lowest BCUT2D eigenvalue weighted by atomic mass is 9.42. The summed E-state index contributed by atoms with van der Waals surface area (Å²) in [6, 6.07) is -0.353. The van der Waals surface area contributed by atoms with Crippen molar-refractivity contribution >= 4 is 5.97 Å². The summed E-state index contributed by atoms with van der Waals surface area (Å²) in [5.74, 6) is 0.152. The first kappa shape index (κ1) is 15.3. The van der Waals surface area contributed by atoms with Gasteiger partial charge in [0.1, 0.15) is 6.04 Å². The number of unbranched alkanes of at least 4 members (excludes halogenated alkanes) is 1. The van der Waals surface area contributed by atoms with E-state index in [0.717, 1.165) is 25.2 Å². The van der Waals surface area contributed by atoms with Gasteiger partial charge in [0.15, 0.2) is 0 Å². The molecular formula is C18H31NO2. The Morgan fingerprint density at radius 2 is 1.81 bits per heavy atom. The van der Waals surface area contributed by atoms with Crippen molar-refractivity contribution in [2.45, 2.75) is 90.1 Å². The van der Waals surface area contributed by atoms with Gasteiger partial charge in [0, 0.05) is 5.54 Å². The fraction of sp³-hybridized carbons (Fsp3) is 0.944. The molecule has 0 aromatic rings. The molecule has 0 amide bonds. The summed E-state index contributed by atoms with van der Waals surface area (Å²) in [5, 5.41) is 13.2. The second-order valence-corrected chi connectivity index (χ2v) is 9.09. The van der Waals surface area contributed by atoms with Gasteiger partial charge in [0.2, 0.25) is 0 Å². The molecule has 4 fully saturated rings. The minimum atomic E-state index is -0.658. The van der Waals surface area contributed by atoms with Crippen molar-refractivity contribution in [1.29, 1.82) is 0 Å². The zero-order valence-electron chi connectivity index (χ0n) is 13.9. The van der Waals surface area contributed by atoms with Crippen LogP contribution in [0.2, 0.25) is 0 Å². The van der Waals surface area contributed by atoms with Crippen LogP contribution in [0.5, 0.6) is 0 Å². The normalized spacial score (nSPS) is 45.8. The van der Waals surface area contributed by atoms with E-state index in [9.17, 15) is 9.90 Å². The quantitative estimate of drug-likeness (QED) is 0.779. The number of hydrogen-bond acceptors (Lipinski definition) is 2. The molecular weight excluding hydrogens is 262 g/mol. The molecule has 120 valence electrons. The van der Waals surface area contributed by atoms with E-state index in [1.165, 1.54) is 38.5 Å². The third-order valence-corrected chi connectivity index (χ3v) is 6.25. The number of carboxylic acid groups (broad SMARTS) is 1. The van der Waals surface area contributed by atoms with Crippen LogP contribution in [0.4, 0.5) is 0 Å². The third kappa shape index (κ3) is 2.86. The maximum Gasteiger partial charge on any atom is 0.320 e. The molecule has 3 nitrogen and oxygen atoms in total. The molecule has 4 saturated carbocycles. The number of hydrogen-bond donors (Lipinski definition) is 2. The van der Waals surface area contributed by atoms with Gasteiger partial charge in [0.25, 0.3) is 0 Å². The van der Waals surface area contributed by atoms with Gasteiger partial charge in [-0.25, -0.2) is 0 Å². The zero-order valence-corrected chi connectivity index (χ0v) is 13.9. The van der Waals surface area contributed by atoms with Crippen molar-refractivity contribution in [3.05, 3.63) is 0 Å². The number of rotatable bonds is 6. The van der Waals surface area contributed by atoms with E-state index in [0.29, 0.717) is 10.8 Å². The fourth-order valence-corrected chi connectivity index (χ4v) is 6.64. The topological polar surface area (TPSA) is 49.3 Å². The Morgan fingerprint density at radius 3 is 2.29 bits per heavy atom. The molecule has 0 spiro atoms. The van der Waals surface area contributed by atoms with E-state index >= 15 is 0 Å². The Hall–Kier alpha value is -0.570. The van der Waals surface area contributed by atoms with Crippen molar-refractivity contribution in [1.82, 2.24) is 5.32 Å². The number of carboxylic acids is 1. The highest BCUT2D eigenvalue weighted by atomic mass is 16.4. The summed E-state index contributed by atoms with van der Waals surface area (Å²) < 4.78 is 0. The molecule has 3 heteroatoms. The molecule has 0 aromatic heterocycles. The number of nitrogens with one attached hydrogen (secondary N) is 1. The Morgan fingerprint density at radius 1 is 1.19 bits per heavy atom. The molecule has 0 aliphatic heterocycles. The van der Waals surface area contributed by atoms with Crippen LogP contribution in [0.1, 0.15) is 78.6 Å². The third-order valence-electron chi connectivity index (χ3n) is 6.25. The van der Waals surface area contributed by atoms with Crippen LogP contribution in [0, 0.1) is 16.7 Å². The summed E-state index contributed by atoms with van der Waals surface area (Å²) in [6.45, 7) is 7.01. The summed E-state index contributed by atoms with van der Waals surface area (Å²) in [7, 11) is 0. The molecule has 2 N–H and O–H groups in total. The summed E-state index contributed by atoms with van der Waals surface area (Å²) in [4.78, 5) is 11.6. The molecule has 3 unspecified atom stereocenters. The van der Waals surface area contributed by atoms with Gasteiger partial charge in [-0.15, -0.1) is 0 Å². The highest BCUT2D eigenvalue weighted by Crippen LogP contribution is 2.66. The lowest BCUT2D eigenvalue weighted by Crippen LogP contribution is -2.66. The van der Waals surface area contributed by atoms with Gasteiger partial charge in [-0.2, -0.15) is 0 Å². The molecule has 0 radical (unpaired) electrons. The van der Waals surface area contributed by atoms with E-state index in [2.05, 4.69) is 26.1 Å². The van der Waals surface area contributed by atoms with E-state index in [-0.39, 0.29) is 11.6 Å². The lowest BCUT2D eigenvalue weighted by molar-refractivity contribution is -0.147. The SMILES string of the molecule is CCCCC(NC12CC3CC(C)(CC(C)(C3)C1)C2)C(=O)O. The van der Waals surface area contributed by atoms with E-state index in [1.807, 2.05) is 0 Å². The van der Waals surface area contributed by atoms with Gasteiger partial charge in [-0.3, -0.25) is 10.1 Å². The maximum atomic E-state index is 11.6. The number of carbonyl (C=O) groups is 1. The van der Waals surface area contributed by atoms with Crippen LogP contribution >= 0.6 is 0 Å². The van der Waals surface area contributed by atoms with Gasteiger partial charge < -0.3 is 5.11 Å². The average Bonchev–Trinajstić information content (AvgIpc) is 2.29. The molecule has 21 heavy (non-hydrogen) atoms. The largest absolute Gasteiger partial charge is 0.480 e. The highest BCUT2D eigenvalue weighted by molar-refractivity contribution is 5.73. The van der Waals surface area contributed by atoms with Gasteiger partial charge in [-0.05, 0) is 61.7 Å². The first-order chi connectivity index (χ1) is 9.77. The van der Waals surface area contributed by atoms with Crippen LogP contribution < -0.4 is 5.32 Å². The van der Waals surface area contributed by atoms with Crippen molar-refractivity contribution in [3.8, 4) is 0 Å². The van der Waals surface area contributed by atoms with Crippen molar-refractivity contribution < 1.29 is 9.90 Å². The average molecular weight is 293 g/mol. The summed E-state index contributed by atoms with van der Waals surface area (Å²) >= 11 is 0. The Balaban J connectivity index is 1.79. The molecule has 0 heterocycles. The second-order valence-electron chi connectivity index (χ2n) is 9.09. The van der Waals surface area contributed by atoms with Crippen LogP contribution in [0.15, 0.2) is 0 Å². The van der Waals surface area contributed by atoms with Crippen LogP contribution in [0.3, 0.4) is 0 Å². The Kier molecular flexibility index (Phi) is 3.63. The van der Waals surface area contributed by atoms with E-state index < -0.39 is 5.97 Å². The molecule has 4 bridgehead atoms. The summed E-state index contributed by atoms with van der Waals surface area (Å²) in [5.41, 5.74) is 0.976. The van der Waals surface area contributed by atoms with E-state index in [1.54, 1.807) is 0 Å². The van der Waals surface area contributed by atoms with Crippen LogP contribution in [-0.2, 0) is 4.79 Å². The maximum absolute atomic E-state index is 11.6. The summed E-state index contributed by atoms with van der Waals surface area (Å²) in [6.07, 6.45) is 10.5. The molecule has 0 saturated heterocycles. The monoisotopic (exact) mass is 293 g/mol. The minimum Gasteiger partial charge on any atom is -0.480 e. The molecule has 4 aliphatic rings. The fourth-order valence-electron chi connectivity index (χ4n) is 6.64. The Labute approximate surface area is 128 Å². The first-order valence-electron chi connectivity index (χ1n) is 8.78. The van der Waals surface area contributed by atoms with Gasteiger partial charge in [0.05, 0.1) is 0 Å². The zero-order chi connectivity index (χ0) is 15.3. The predicted octanol–water partition coefficient (Wildman–Crippen LogP) is 3.97. The Bertz CT molecular complexity index is 415. The standard InChI is InChI=1S/C18H31NO2/c1-4-5-6-14(15(20)21)19-18-9-13-7-16(2,11-18)10-17(3,8-13)12-18/h13-14,19H,4-12H2,1-3H3,(H,20,21). The van der Waals surface area contributed by atoms with Crippen molar-refractivity contribution in [2.75, 3.05) is 0 Å². The number of aliphatic carboxylic acids is 1. The minimum absolute atomic E-state index is 0.0969. The lowest BCUT2D eigenvalue weighted by Gasteiger charge is -2.66. The van der Waals surface area contributed by atoms with Gasteiger partial charge >= 0.3 is 5.97 Å². The molecule has 0 aromatic carbocycles. The molecule has 4 aliphatic carbocycles. The van der Waals surface area contributed by atoms with Crippen LogP contribution in [0.25, 0.3) is 0 Å². The van der Waals surface area contributed by atoms with E-state index in [4.69, 9.17) is 0 Å². The highest BCUT2D eigenvalue weighted by Gasteiger charge is 2.60. The molecule has 4 rings (SSSR count). The second kappa shape index (κ2) is 4.97. The van der Waals surface area contributed by atoms with Crippen molar-refractivity contribution in [3.63, 3.8) is 0 Å². The first-order valence-corrected chi connectivity index (χ1v) is 8.78. The van der Waals surface area contributed by atoms with Gasteiger partial charge in [-0.1, -0.05) is 33.6 Å². The van der Waals surface area contributed by atoms with Crippen molar-refractivity contribution in [2.24, 2.45) is 16.7 Å². The molecule has 3 atom stereocenters. The smallest absolute Gasteiger partial charge is 0.320 e. The predicted molar refractivity (Wildman–Crippen MR) is 84.2 cm³/mol.